The highest BCUT2D eigenvalue weighted by atomic mass is 16.5. The van der Waals surface area contributed by atoms with E-state index < -0.39 is 6.04 Å². The first kappa shape index (κ1) is 14.2. The lowest BCUT2D eigenvalue weighted by atomic mass is 10.2. The van der Waals surface area contributed by atoms with Crippen molar-refractivity contribution in [1.29, 1.82) is 0 Å². The van der Waals surface area contributed by atoms with Crippen LogP contribution in [0.25, 0.3) is 5.82 Å². The fraction of sp³-hybridized carbons (Fsp3) is 0.308. The zero-order valence-corrected chi connectivity index (χ0v) is 11.2. The van der Waals surface area contributed by atoms with Crippen LogP contribution in [0.2, 0.25) is 0 Å². The van der Waals surface area contributed by atoms with Crippen LogP contribution < -0.4 is 11.1 Å². The molecule has 0 aliphatic rings. The van der Waals surface area contributed by atoms with E-state index in [4.69, 9.17) is 10.5 Å². The molecule has 1 amide bonds. The highest BCUT2D eigenvalue weighted by Gasteiger charge is 2.13. The van der Waals surface area contributed by atoms with Gasteiger partial charge in [-0.3, -0.25) is 4.79 Å². The maximum absolute atomic E-state index is 11.8. The summed E-state index contributed by atoms with van der Waals surface area (Å²) in [6.45, 7) is 0.449. The maximum Gasteiger partial charge on any atom is 0.241 e. The summed E-state index contributed by atoms with van der Waals surface area (Å²) in [6.07, 6.45) is 5.51. The highest BCUT2D eigenvalue weighted by Crippen LogP contribution is 2.09. The van der Waals surface area contributed by atoms with E-state index in [1.165, 1.54) is 0 Å². The summed E-state index contributed by atoms with van der Waals surface area (Å²) in [5.74, 6) is 0.423. The Morgan fingerprint density at radius 1 is 1.55 bits per heavy atom. The van der Waals surface area contributed by atoms with Gasteiger partial charge in [-0.05, 0) is 24.6 Å². The van der Waals surface area contributed by atoms with Crippen molar-refractivity contribution in [3.05, 3.63) is 36.8 Å². The topological polar surface area (TPSA) is 95.1 Å². The Hall–Kier alpha value is -2.25. The first-order valence-electron chi connectivity index (χ1n) is 6.22. The van der Waals surface area contributed by atoms with E-state index in [9.17, 15) is 4.79 Å². The first-order valence-corrected chi connectivity index (χ1v) is 6.22. The van der Waals surface area contributed by atoms with Gasteiger partial charge in [0.15, 0.2) is 5.82 Å². The van der Waals surface area contributed by atoms with E-state index in [-0.39, 0.29) is 5.91 Å². The SMILES string of the molecule is COCCC(N)C(=O)Nc1ccc(-n2cccn2)nc1. The van der Waals surface area contributed by atoms with Crippen LogP contribution in [0.4, 0.5) is 5.69 Å². The van der Waals surface area contributed by atoms with Gasteiger partial charge >= 0.3 is 0 Å². The summed E-state index contributed by atoms with van der Waals surface area (Å²) in [5.41, 5.74) is 6.33. The van der Waals surface area contributed by atoms with Gasteiger partial charge in [-0.15, -0.1) is 0 Å². The molecule has 2 heterocycles. The molecule has 0 fully saturated rings. The fourth-order valence-electron chi connectivity index (χ4n) is 1.61. The zero-order chi connectivity index (χ0) is 14.4. The smallest absolute Gasteiger partial charge is 0.241 e. The molecule has 2 rings (SSSR count). The number of hydrogen-bond acceptors (Lipinski definition) is 5. The molecule has 2 aromatic heterocycles. The molecule has 0 saturated carbocycles. The summed E-state index contributed by atoms with van der Waals surface area (Å²) >= 11 is 0. The molecule has 106 valence electrons. The van der Waals surface area contributed by atoms with Gasteiger partial charge in [-0.25, -0.2) is 9.67 Å². The Bertz CT molecular complexity index is 538. The van der Waals surface area contributed by atoms with Crippen LogP contribution in [-0.4, -0.2) is 40.4 Å². The van der Waals surface area contributed by atoms with Crippen LogP contribution in [0.15, 0.2) is 36.8 Å². The third-order valence-electron chi connectivity index (χ3n) is 2.72. The molecular formula is C13H17N5O2. The zero-order valence-electron chi connectivity index (χ0n) is 11.2. The summed E-state index contributed by atoms with van der Waals surface area (Å²) in [4.78, 5) is 16.0. The van der Waals surface area contributed by atoms with Crippen LogP contribution in [0.1, 0.15) is 6.42 Å². The molecular weight excluding hydrogens is 258 g/mol. The third-order valence-corrected chi connectivity index (χ3v) is 2.72. The third kappa shape index (κ3) is 3.62. The molecule has 3 N–H and O–H groups in total. The monoisotopic (exact) mass is 275 g/mol. The van der Waals surface area contributed by atoms with Crippen LogP contribution in [0.5, 0.6) is 0 Å². The lowest BCUT2D eigenvalue weighted by molar-refractivity contribution is -0.117. The predicted molar refractivity (Wildman–Crippen MR) is 74.5 cm³/mol. The van der Waals surface area contributed by atoms with Crippen molar-refractivity contribution >= 4 is 11.6 Å². The number of carbonyl (C=O) groups is 1. The Labute approximate surface area is 116 Å². The van der Waals surface area contributed by atoms with Crippen LogP contribution in [0, 0.1) is 0 Å². The van der Waals surface area contributed by atoms with Gasteiger partial charge < -0.3 is 15.8 Å². The number of rotatable bonds is 6. The predicted octanol–water partition coefficient (Wildman–Crippen LogP) is 0.570. The molecule has 7 nitrogen and oxygen atoms in total. The van der Waals surface area contributed by atoms with E-state index in [0.717, 1.165) is 0 Å². The largest absolute Gasteiger partial charge is 0.385 e. The molecule has 0 aliphatic heterocycles. The van der Waals surface area contributed by atoms with Gasteiger partial charge in [0.1, 0.15) is 0 Å². The summed E-state index contributed by atoms with van der Waals surface area (Å²) < 4.78 is 6.52. The van der Waals surface area contributed by atoms with E-state index in [1.54, 1.807) is 42.5 Å². The van der Waals surface area contributed by atoms with Crippen LogP contribution in [0.3, 0.4) is 0 Å². The second-order valence-corrected chi connectivity index (χ2v) is 4.23. The molecule has 0 spiro atoms. The van der Waals surface area contributed by atoms with Crippen molar-refractivity contribution in [2.24, 2.45) is 5.73 Å². The standard InChI is InChI=1S/C13H17N5O2/c1-20-8-5-11(14)13(19)17-10-3-4-12(15-9-10)18-7-2-6-16-18/h2-4,6-7,9,11H,5,8,14H2,1H3,(H,17,19). The van der Waals surface area contributed by atoms with Crippen molar-refractivity contribution in [3.8, 4) is 5.82 Å². The van der Waals surface area contributed by atoms with Crippen LogP contribution in [-0.2, 0) is 9.53 Å². The van der Waals surface area contributed by atoms with E-state index in [2.05, 4.69) is 15.4 Å². The molecule has 1 unspecified atom stereocenters. The Morgan fingerprint density at radius 3 is 3.00 bits per heavy atom. The Balaban J connectivity index is 1.95. The van der Waals surface area contributed by atoms with Gasteiger partial charge in [-0.1, -0.05) is 0 Å². The molecule has 2 aromatic rings. The lowest BCUT2D eigenvalue weighted by Gasteiger charge is -2.11. The molecule has 0 radical (unpaired) electrons. The summed E-state index contributed by atoms with van der Waals surface area (Å²) in [5, 5.41) is 6.78. The minimum atomic E-state index is -0.597. The summed E-state index contributed by atoms with van der Waals surface area (Å²) in [6, 6.07) is 4.74. The number of nitrogens with zero attached hydrogens (tertiary/aromatic N) is 3. The number of hydrogen-bond donors (Lipinski definition) is 2. The second-order valence-electron chi connectivity index (χ2n) is 4.23. The lowest BCUT2D eigenvalue weighted by Crippen LogP contribution is -2.36. The number of nitrogens with one attached hydrogen (secondary N) is 1. The number of aromatic nitrogens is 3. The molecule has 0 bridgehead atoms. The number of ether oxygens (including phenoxy) is 1. The number of anilines is 1. The number of carbonyl (C=O) groups excluding carboxylic acids is 1. The molecule has 7 heteroatoms. The average molecular weight is 275 g/mol. The minimum Gasteiger partial charge on any atom is -0.385 e. The molecule has 1 atom stereocenters. The normalized spacial score (nSPS) is 12.1. The Kier molecular flexibility index (Phi) is 4.80. The summed E-state index contributed by atoms with van der Waals surface area (Å²) in [7, 11) is 1.57. The van der Waals surface area contributed by atoms with Gasteiger partial charge in [-0.2, -0.15) is 5.10 Å². The van der Waals surface area contributed by atoms with Crippen molar-refractivity contribution in [2.75, 3.05) is 19.0 Å². The quantitative estimate of drug-likeness (QED) is 0.803. The van der Waals surface area contributed by atoms with Gasteiger partial charge in [0.05, 0.1) is 17.9 Å². The number of methoxy groups -OCH3 is 1. The molecule has 0 saturated heterocycles. The van der Waals surface area contributed by atoms with E-state index in [0.29, 0.717) is 24.5 Å². The average Bonchev–Trinajstić information content (AvgIpc) is 2.99. The Morgan fingerprint density at radius 2 is 2.40 bits per heavy atom. The van der Waals surface area contributed by atoms with Crippen molar-refractivity contribution in [2.45, 2.75) is 12.5 Å². The molecule has 0 aromatic carbocycles. The number of amides is 1. The van der Waals surface area contributed by atoms with E-state index in [1.807, 2.05) is 6.07 Å². The number of nitrogens with two attached hydrogens (primary N) is 1. The van der Waals surface area contributed by atoms with Gasteiger partial charge in [0.25, 0.3) is 0 Å². The number of pyridine rings is 1. The van der Waals surface area contributed by atoms with Crippen molar-refractivity contribution in [3.63, 3.8) is 0 Å². The molecule has 0 aliphatic carbocycles. The van der Waals surface area contributed by atoms with Gasteiger partial charge in [0, 0.05) is 26.1 Å². The van der Waals surface area contributed by atoms with Crippen molar-refractivity contribution in [1.82, 2.24) is 14.8 Å². The fourth-order valence-corrected chi connectivity index (χ4v) is 1.61. The second kappa shape index (κ2) is 6.78. The molecule has 20 heavy (non-hydrogen) atoms. The minimum absolute atomic E-state index is 0.254. The highest BCUT2D eigenvalue weighted by molar-refractivity contribution is 5.94. The maximum atomic E-state index is 11.8. The van der Waals surface area contributed by atoms with Crippen LogP contribution >= 0.6 is 0 Å². The van der Waals surface area contributed by atoms with Gasteiger partial charge in [0.2, 0.25) is 5.91 Å². The first-order chi connectivity index (χ1) is 9.70. The van der Waals surface area contributed by atoms with Crippen molar-refractivity contribution < 1.29 is 9.53 Å². The van der Waals surface area contributed by atoms with E-state index >= 15 is 0 Å².